The van der Waals surface area contributed by atoms with Gasteiger partial charge in [0.25, 0.3) is 10.1 Å². The van der Waals surface area contributed by atoms with Gasteiger partial charge in [-0.2, -0.15) is 13.0 Å². The van der Waals surface area contributed by atoms with Gasteiger partial charge in [0.2, 0.25) is 5.51 Å². The van der Waals surface area contributed by atoms with E-state index in [-0.39, 0.29) is 17.4 Å². The number of benzene rings is 2. The maximum Gasteiger partial charge on any atom is 0.295 e. The quantitative estimate of drug-likeness (QED) is 0.234. The highest BCUT2D eigenvalue weighted by atomic mass is 32.2. The maximum absolute atomic E-state index is 11.1. The van der Waals surface area contributed by atoms with Gasteiger partial charge in [0.05, 0.1) is 15.3 Å². The van der Waals surface area contributed by atoms with Gasteiger partial charge in [-0.3, -0.25) is 4.55 Å². The number of aryl methyl sites for hydroxylation is 1. The smallest absolute Gasteiger partial charge is 0.295 e. The molecule has 0 spiro atoms. The molecule has 4 aromatic rings. The molecule has 14 heteroatoms. The molecule has 0 saturated carbocycles. The lowest BCUT2D eigenvalue weighted by Crippen LogP contribution is -2.35. The van der Waals surface area contributed by atoms with E-state index >= 15 is 0 Å². The standard InChI is InChI=1S/C12H17N4OS.C10H8O6S2/c1-8-11(3-4-17)18-7-16(8)6-10-5-14-9(2)15-12(10)13;11-17(12,13)9-5-1-3-7-8(9)4-2-6-10(7)18(14,15)16/h5,7,17H,3-4,6H2,1-2H3,(H2,13,14,15);1-6H,(H,11,12,13)(H,14,15,16)/q+1;/p-1. The fourth-order valence-electron chi connectivity index (χ4n) is 3.46. The molecule has 0 aliphatic heterocycles. The molecule has 36 heavy (non-hydrogen) atoms. The van der Waals surface area contributed by atoms with E-state index < -0.39 is 30.0 Å². The van der Waals surface area contributed by atoms with Crippen molar-refractivity contribution < 1.29 is 35.6 Å². The molecule has 4 N–H and O–H groups in total. The third kappa shape index (κ3) is 6.40. The van der Waals surface area contributed by atoms with Crippen LogP contribution in [0.3, 0.4) is 0 Å². The van der Waals surface area contributed by atoms with E-state index in [9.17, 15) is 21.4 Å². The molecule has 0 saturated heterocycles. The summed E-state index contributed by atoms with van der Waals surface area (Å²) >= 11 is 1.65. The molecule has 2 heterocycles. The van der Waals surface area contributed by atoms with E-state index in [1.807, 2.05) is 19.4 Å². The van der Waals surface area contributed by atoms with Gasteiger partial charge in [0, 0.05) is 36.9 Å². The van der Waals surface area contributed by atoms with Crippen molar-refractivity contribution in [1.29, 1.82) is 0 Å². The Morgan fingerprint density at radius 2 is 1.67 bits per heavy atom. The molecule has 0 amide bonds. The molecule has 11 nitrogen and oxygen atoms in total. The minimum absolute atomic E-state index is 0.0167. The van der Waals surface area contributed by atoms with Crippen LogP contribution in [0.2, 0.25) is 0 Å². The van der Waals surface area contributed by atoms with Crippen LogP contribution in [0.25, 0.3) is 10.8 Å². The van der Waals surface area contributed by atoms with Gasteiger partial charge in [-0.1, -0.05) is 35.6 Å². The van der Waals surface area contributed by atoms with Gasteiger partial charge in [0.1, 0.15) is 26.7 Å². The number of fused-ring (bicyclic) bond motifs is 1. The Labute approximate surface area is 212 Å². The van der Waals surface area contributed by atoms with Crippen molar-refractivity contribution >= 4 is 48.2 Å². The van der Waals surface area contributed by atoms with Crippen molar-refractivity contribution in [2.75, 3.05) is 12.3 Å². The first-order valence-electron chi connectivity index (χ1n) is 10.4. The minimum Gasteiger partial charge on any atom is -0.744 e. The molecular formula is C22H24N4O7S3. The molecule has 0 atom stereocenters. The molecule has 0 bridgehead atoms. The van der Waals surface area contributed by atoms with Crippen LogP contribution in [0.15, 0.2) is 57.9 Å². The van der Waals surface area contributed by atoms with E-state index in [4.69, 9.17) is 15.4 Å². The van der Waals surface area contributed by atoms with Crippen molar-refractivity contribution in [3.05, 3.63) is 70.1 Å². The highest BCUT2D eigenvalue weighted by Crippen LogP contribution is 2.28. The van der Waals surface area contributed by atoms with E-state index in [0.29, 0.717) is 24.6 Å². The Kier molecular flexibility index (Phi) is 8.38. The molecule has 192 valence electrons. The van der Waals surface area contributed by atoms with Crippen LogP contribution in [0, 0.1) is 13.8 Å². The average molecular weight is 553 g/mol. The van der Waals surface area contributed by atoms with Gasteiger partial charge in [-0.15, -0.1) is 0 Å². The van der Waals surface area contributed by atoms with Crippen LogP contribution in [0.5, 0.6) is 0 Å². The van der Waals surface area contributed by atoms with E-state index in [1.165, 1.54) is 29.1 Å². The molecular weight excluding hydrogens is 528 g/mol. The first-order valence-corrected chi connectivity index (χ1v) is 14.2. The molecule has 0 fully saturated rings. The van der Waals surface area contributed by atoms with Crippen LogP contribution < -0.4 is 10.3 Å². The third-order valence-corrected chi connectivity index (χ3v) is 8.19. The van der Waals surface area contributed by atoms with Gasteiger partial charge in [-0.05, 0) is 19.1 Å². The van der Waals surface area contributed by atoms with Crippen LogP contribution in [-0.2, 0) is 33.2 Å². The molecule has 2 aromatic carbocycles. The number of hydrogen-bond acceptors (Lipinski definition) is 10. The van der Waals surface area contributed by atoms with Crippen LogP contribution >= 0.6 is 11.3 Å². The fraction of sp³-hybridized carbons (Fsp3) is 0.227. The van der Waals surface area contributed by atoms with Gasteiger partial charge < -0.3 is 15.4 Å². The van der Waals surface area contributed by atoms with Gasteiger partial charge in [0.15, 0.2) is 12.2 Å². The average Bonchev–Trinajstić information content (AvgIpc) is 3.13. The molecule has 0 aliphatic carbocycles. The summed E-state index contributed by atoms with van der Waals surface area (Å²) in [5.41, 5.74) is 10.0. The first-order chi connectivity index (χ1) is 16.8. The maximum atomic E-state index is 11.1. The second-order valence-corrected chi connectivity index (χ2v) is 11.4. The van der Waals surface area contributed by atoms with Crippen molar-refractivity contribution in [3.63, 3.8) is 0 Å². The Balaban J connectivity index is 0.000000201. The summed E-state index contributed by atoms with van der Waals surface area (Å²) in [6, 6.07) is 7.31. The number of aliphatic hydroxyl groups excluding tert-OH is 1. The Bertz CT molecular complexity index is 1550. The number of nitrogens with zero attached hydrogens (tertiary/aromatic N) is 3. The zero-order valence-corrected chi connectivity index (χ0v) is 21.8. The first kappa shape index (κ1) is 27.6. The summed E-state index contributed by atoms with van der Waals surface area (Å²) in [5, 5.41) is 8.92. The number of hydrogen-bond donors (Lipinski definition) is 3. The van der Waals surface area contributed by atoms with Crippen molar-refractivity contribution in [2.45, 2.75) is 36.6 Å². The Hall–Kier alpha value is -3.01. The molecule has 0 unspecified atom stereocenters. The summed E-state index contributed by atoms with van der Waals surface area (Å²) in [7, 11) is -9.21. The molecule has 0 aliphatic rings. The summed E-state index contributed by atoms with van der Waals surface area (Å²) in [5.74, 6) is 1.22. The number of rotatable bonds is 6. The number of anilines is 1. The summed E-state index contributed by atoms with van der Waals surface area (Å²) in [4.78, 5) is 8.56. The number of nitrogen functional groups attached to an aromatic ring is 1. The Morgan fingerprint density at radius 1 is 1.06 bits per heavy atom. The summed E-state index contributed by atoms with van der Waals surface area (Å²) in [6.07, 6.45) is 2.47. The lowest BCUT2D eigenvalue weighted by molar-refractivity contribution is -0.689. The van der Waals surface area contributed by atoms with Crippen molar-refractivity contribution in [1.82, 2.24) is 9.97 Å². The lowest BCUT2D eigenvalue weighted by Gasteiger charge is -2.11. The monoisotopic (exact) mass is 552 g/mol. The largest absolute Gasteiger partial charge is 0.744 e. The second-order valence-electron chi connectivity index (χ2n) is 7.70. The predicted molar refractivity (Wildman–Crippen MR) is 132 cm³/mol. The summed E-state index contributed by atoms with van der Waals surface area (Å²) < 4.78 is 66.5. The predicted octanol–water partition coefficient (Wildman–Crippen LogP) is 1.60. The Morgan fingerprint density at radius 3 is 2.22 bits per heavy atom. The topological polar surface area (TPSA) is 187 Å². The highest BCUT2D eigenvalue weighted by Gasteiger charge is 2.18. The molecule has 0 radical (unpaired) electrons. The van der Waals surface area contributed by atoms with E-state index in [0.717, 1.165) is 23.4 Å². The van der Waals surface area contributed by atoms with Crippen LogP contribution in [0.1, 0.15) is 22.0 Å². The van der Waals surface area contributed by atoms with Crippen molar-refractivity contribution in [3.8, 4) is 0 Å². The SMILES string of the molecule is Cc1ncc(C[n+]2csc(CCO)c2C)c(N)n1.O=S(=O)([O-])c1cccc2c(S(=O)(=O)O)cccc12. The summed E-state index contributed by atoms with van der Waals surface area (Å²) in [6.45, 7) is 4.71. The number of aliphatic hydroxyl groups is 1. The number of thiazole rings is 1. The van der Waals surface area contributed by atoms with E-state index in [2.05, 4.69) is 14.5 Å². The zero-order chi connectivity index (χ0) is 26.7. The number of aromatic nitrogens is 3. The fourth-order valence-corrected chi connectivity index (χ4v) is 5.85. The lowest BCUT2D eigenvalue weighted by atomic mass is 10.1. The molecule has 4 rings (SSSR count). The molecule has 2 aromatic heterocycles. The van der Waals surface area contributed by atoms with Gasteiger partial charge in [-0.25, -0.2) is 18.4 Å². The normalized spacial score (nSPS) is 11.8. The van der Waals surface area contributed by atoms with Crippen LogP contribution in [-0.4, -0.2) is 47.6 Å². The second kappa shape index (κ2) is 10.9. The number of nitrogens with two attached hydrogens (primary N) is 1. The zero-order valence-electron chi connectivity index (χ0n) is 19.3. The highest BCUT2D eigenvalue weighted by molar-refractivity contribution is 7.86. The minimum atomic E-state index is -4.72. The van der Waals surface area contributed by atoms with E-state index in [1.54, 1.807) is 17.5 Å². The third-order valence-electron chi connectivity index (χ3n) is 5.24. The van der Waals surface area contributed by atoms with Crippen molar-refractivity contribution in [2.24, 2.45) is 0 Å². The van der Waals surface area contributed by atoms with Gasteiger partial charge >= 0.3 is 0 Å². The van der Waals surface area contributed by atoms with Crippen LogP contribution in [0.4, 0.5) is 5.82 Å².